The second-order valence-corrected chi connectivity index (χ2v) is 6.70. The first kappa shape index (κ1) is 19.1. The Balaban J connectivity index is 1.45. The maximum absolute atomic E-state index is 12.9. The molecule has 3 rings (SSSR count). The SMILES string of the molecule is O=C(NCc1ccnc(N2CCCCC2)c1)NCC(O)c1ccc(F)cc1. The Hall–Kier alpha value is -2.67. The van der Waals surface area contributed by atoms with E-state index in [9.17, 15) is 14.3 Å². The first-order valence-corrected chi connectivity index (χ1v) is 9.27. The van der Waals surface area contributed by atoms with Crippen LogP contribution in [0.2, 0.25) is 0 Å². The molecular weight excluding hydrogens is 347 g/mol. The number of halogens is 1. The number of aromatic nitrogens is 1. The summed E-state index contributed by atoms with van der Waals surface area (Å²) in [6.07, 6.45) is 4.51. The van der Waals surface area contributed by atoms with E-state index in [1.54, 1.807) is 6.20 Å². The van der Waals surface area contributed by atoms with Gasteiger partial charge in [-0.1, -0.05) is 12.1 Å². The van der Waals surface area contributed by atoms with Gasteiger partial charge in [-0.05, 0) is 54.7 Å². The summed E-state index contributed by atoms with van der Waals surface area (Å²) >= 11 is 0. The van der Waals surface area contributed by atoms with E-state index in [-0.39, 0.29) is 18.4 Å². The number of amides is 2. The number of urea groups is 1. The zero-order chi connectivity index (χ0) is 19.1. The molecule has 6 nitrogen and oxygen atoms in total. The summed E-state index contributed by atoms with van der Waals surface area (Å²) in [5.41, 5.74) is 1.52. The van der Waals surface area contributed by atoms with Gasteiger partial charge in [0.15, 0.2) is 0 Å². The third kappa shape index (κ3) is 5.65. The first-order valence-electron chi connectivity index (χ1n) is 9.27. The molecule has 1 saturated heterocycles. The molecule has 144 valence electrons. The van der Waals surface area contributed by atoms with E-state index >= 15 is 0 Å². The van der Waals surface area contributed by atoms with Gasteiger partial charge in [0, 0.05) is 32.4 Å². The van der Waals surface area contributed by atoms with Crippen molar-refractivity contribution in [2.24, 2.45) is 0 Å². The third-order valence-corrected chi connectivity index (χ3v) is 4.65. The summed E-state index contributed by atoms with van der Waals surface area (Å²) in [5.74, 6) is 0.582. The van der Waals surface area contributed by atoms with Crippen molar-refractivity contribution in [3.63, 3.8) is 0 Å². The van der Waals surface area contributed by atoms with Crippen LogP contribution < -0.4 is 15.5 Å². The lowest BCUT2D eigenvalue weighted by atomic mass is 10.1. The van der Waals surface area contributed by atoms with Crippen LogP contribution in [0.4, 0.5) is 15.0 Å². The monoisotopic (exact) mass is 372 g/mol. The van der Waals surface area contributed by atoms with Gasteiger partial charge in [0.1, 0.15) is 11.6 Å². The molecule has 2 aromatic rings. The molecule has 1 aliphatic heterocycles. The van der Waals surface area contributed by atoms with E-state index < -0.39 is 6.10 Å². The Kier molecular flexibility index (Phi) is 6.59. The number of aliphatic hydroxyl groups is 1. The zero-order valence-corrected chi connectivity index (χ0v) is 15.2. The fourth-order valence-corrected chi connectivity index (χ4v) is 3.10. The second kappa shape index (κ2) is 9.32. The first-order chi connectivity index (χ1) is 13.1. The number of piperidine rings is 1. The minimum absolute atomic E-state index is 0.0485. The minimum Gasteiger partial charge on any atom is -0.387 e. The summed E-state index contributed by atoms with van der Waals surface area (Å²) in [5, 5.41) is 15.4. The highest BCUT2D eigenvalue weighted by Crippen LogP contribution is 2.18. The van der Waals surface area contributed by atoms with Crippen LogP contribution in [-0.4, -0.2) is 35.8 Å². The van der Waals surface area contributed by atoms with E-state index in [1.807, 2.05) is 12.1 Å². The van der Waals surface area contributed by atoms with Gasteiger partial charge in [0.05, 0.1) is 6.10 Å². The van der Waals surface area contributed by atoms with E-state index in [0.29, 0.717) is 12.1 Å². The van der Waals surface area contributed by atoms with Crippen molar-refractivity contribution in [3.8, 4) is 0 Å². The summed E-state index contributed by atoms with van der Waals surface area (Å²) in [4.78, 5) is 18.7. The predicted molar refractivity (Wildman–Crippen MR) is 102 cm³/mol. The number of carbonyl (C=O) groups is 1. The van der Waals surface area contributed by atoms with Gasteiger partial charge >= 0.3 is 6.03 Å². The number of nitrogens with one attached hydrogen (secondary N) is 2. The van der Waals surface area contributed by atoms with Crippen molar-refractivity contribution in [1.29, 1.82) is 0 Å². The van der Waals surface area contributed by atoms with E-state index in [0.717, 1.165) is 24.5 Å². The number of nitrogens with zero attached hydrogens (tertiary/aromatic N) is 2. The molecule has 1 aliphatic rings. The molecule has 2 heterocycles. The maximum Gasteiger partial charge on any atom is 0.315 e. The maximum atomic E-state index is 12.9. The molecule has 27 heavy (non-hydrogen) atoms. The molecule has 1 unspecified atom stereocenters. The van der Waals surface area contributed by atoms with Crippen LogP contribution in [0.1, 0.15) is 36.5 Å². The minimum atomic E-state index is -0.886. The van der Waals surface area contributed by atoms with Crippen molar-refractivity contribution in [2.75, 3.05) is 24.5 Å². The fraction of sp³-hybridized carbons (Fsp3) is 0.400. The fourth-order valence-electron chi connectivity index (χ4n) is 3.10. The number of hydrogen-bond acceptors (Lipinski definition) is 4. The molecular formula is C20H25FN4O2. The van der Waals surface area contributed by atoms with E-state index in [2.05, 4.69) is 20.5 Å². The van der Waals surface area contributed by atoms with Crippen LogP contribution in [0.3, 0.4) is 0 Å². The van der Waals surface area contributed by atoms with Crippen LogP contribution in [0, 0.1) is 5.82 Å². The molecule has 3 N–H and O–H groups in total. The number of carbonyl (C=O) groups excluding carboxylic acids is 1. The van der Waals surface area contributed by atoms with Crippen LogP contribution in [0.25, 0.3) is 0 Å². The quantitative estimate of drug-likeness (QED) is 0.729. The third-order valence-electron chi connectivity index (χ3n) is 4.65. The van der Waals surface area contributed by atoms with E-state index in [1.165, 1.54) is 43.5 Å². The average molecular weight is 372 g/mol. The van der Waals surface area contributed by atoms with Gasteiger partial charge in [-0.2, -0.15) is 0 Å². The average Bonchev–Trinajstić information content (AvgIpc) is 2.72. The van der Waals surface area contributed by atoms with Gasteiger partial charge < -0.3 is 20.6 Å². The Morgan fingerprint density at radius 1 is 1.15 bits per heavy atom. The summed E-state index contributed by atoms with van der Waals surface area (Å²) in [7, 11) is 0. The zero-order valence-electron chi connectivity index (χ0n) is 15.2. The van der Waals surface area contributed by atoms with E-state index in [4.69, 9.17) is 0 Å². The molecule has 0 spiro atoms. The van der Waals surface area contributed by atoms with Crippen molar-refractivity contribution in [3.05, 3.63) is 59.5 Å². The Morgan fingerprint density at radius 2 is 1.89 bits per heavy atom. The number of aliphatic hydroxyl groups excluding tert-OH is 1. The molecule has 0 bridgehead atoms. The summed E-state index contributed by atoms with van der Waals surface area (Å²) in [6, 6.07) is 9.06. The summed E-state index contributed by atoms with van der Waals surface area (Å²) in [6.45, 7) is 2.46. The number of anilines is 1. The lowest BCUT2D eigenvalue weighted by Crippen LogP contribution is -2.37. The van der Waals surface area contributed by atoms with Gasteiger partial charge in [0.2, 0.25) is 0 Å². The van der Waals surface area contributed by atoms with Crippen LogP contribution in [-0.2, 0) is 6.54 Å². The van der Waals surface area contributed by atoms with Crippen molar-refractivity contribution in [2.45, 2.75) is 31.9 Å². The van der Waals surface area contributed by atoms with Gasteiger partial charge in [-0.15, -0.1) is 0 Å². The molecule has 1 aromatic heterocycles. The van der Waals surface area contributed by atoms with Gasteiger partial charge in [0.25, 0.3) is 0 Å². The molecule has 2 amide bonds. The smallest absolute Gasteiger partial charge is 0.315 e. The molecule has 0 radical (unpaired) electrons. The topological polar surface area (TPSA) is 77.5 Å². The van der Waals surface area contributed by atoms with Crippen LogP contribution in [0.15, 0.2) is 42.6 Å². The highest BCUT2D eigenvalue weighted by atomic mass is 19.1. The highest BCUT2D eigenvalue weighted by Gasteiger charge is 2.13. The van der Waals surface area contributed by atoms with Crippen LogP contribution >= 0.6 is 0 Å². The molecule has 1 fully saturated rings. The highest BCUT2D eigenvalue weighted by molar-refractivity contribution is 5.73. The normalized spacial score (nSPS) is 15.3. The molecule has 7 heteroatoms. The van der Waals surface area contributed by atoms with Gasteiger partial charge in [-0.25, -0.2) is 14.2 Å². The molecule has 1 atom stereocenters. The summed E-state index contributed by atoms with van der Waals surface area (Å²) < 4.78 is 12.9. The Morgan fingerprint density at radius 3 is 2.63 bits per heavy atom. The Labute approximate surface area is 158 Å². The van der Waals surface area contributed by atoms with Crippen molar-refractivity contribution < 1.29 is 14.3 Å². The number of rotatable bonds is 6. The number of hydrogen-bond donors (Lipinski definition) is 3. The van der Waals surface area contributed by atoms with Gasteiger partial charge in [-0.3, -0.25) is 0 Å². The predicted octanol–water partition coefficient (Wildman–Crippen LogP) is 2.74. The van der Waals surface area contributed by atoms with Crippen LogP contribution in [0.5, 0.6) is 0 Å². The molecule has 1 aromatic carbocycles. The largest absolute Gasteiger partial charge is 0.387 e. The molecule has 0 aliphatic carbocycles. The second-order valence-electron chi connectivity index (χ2n) is 6.70. The standard InChI is InChI=1S/C20H25FN4O2/c21-17-6-4-16(5-7-17)18(26)14-24-20(27)23-13-15-8-9-22-19(12-15)25-10-2-1-3-11-25/h4-9,12,18,26H,1-3,10-11,13-14H2,(H2,23,24,27). The lowest BCUT2D eigenvalue weighted by Gasteiger charge is -2.27. The number of benzene rings is 1. The van der Waals surface area contributed by atoms with Crippen molar-refractivity contribution >= 4 is 11.8 Å². The molecule has 0 saturated carbocycles. The Bertz CT molecular complexity index is 748. The number of pyridine rings is 1. The van der Waals surface area contributed by atoms with Crippen molar-refractivity contribution in [1.82, 2.24) is 15.6 Å². The lowest BCUT2D eigenvalue weighted by molar-refractivity contribution is 0.173.